The highest BCUT2D eigenvalue weighted by Crippen LogP contribution is 2.32. The first-order valence-corrected chi connectivity index (χ1v) is 42.0. The number of fused-ring (bicyclic) bond motifs is 6. The number of aliphatic hydroxyl groups excluding tert-OH is 3. The van der Waals surface area contributed by atoms with Gasteiger partial charge in [0.15, 0.2) is 39.6 Å². The van der Waals surface area contributed by atoms with Crippen molar-refractivity contribution in [2.75, 3.05) is 62.1 Å². The summed E-state index contributed by atoms with van der Waals surface area (Å²) in [4.78, 5) is 109. The lowest BCUT2D eigenvalue weighted by Crippen LogP contribution is -2.39. The fourth-order valence-electron chi connectivity index (χ4n) is 14.2. The predicted molar refractivity (Wildman–Crippen MR) is 472 cm³/mol. The topological polar surface area (TPSA) is 379 Å². The average Bonchev–Trinajstić information content (AvgIpc) is 1.61. The van der Waals surface area contributed by atoms with Crippen LogP contribution in [0.2, 0.25) is 0 Å². The molecule has 12 aromatic rings. The van der Waals surface area contributed by atoms with E-state index in [1.165, 1.54) is 60.5 Å². The number of benzene rings is 3. The van der Waals surface area contributed by atoms with E-state index in [1.807, 2.05) is 145 Å². The minimum atomic E-state index is -0.560. The number of carbonyl (C=O) groups is 2. The number of rotatable bonds is 14. The number of amides is 2. The number of carbonyl (C=O) groups excluding carboxylic acids is 2. The molecule has 0 radical (unpaired) electrons. The fraction of sp³-hybridized carbons (Fsp3) is 0.438. The number of nitrogen functional groups attached to an aromatic ring is 1. The summed E-state index contributed by atoms with van der Waals surface area (Å²) in [5.41, 5.74) is 17.0. The maximum absolute atomic E-state index is 13.5. The van der Waals surface area contributed by atoms with Crippen molar-refractivity contribution in [1.82, 2.24) is 88.1 Å². The predicted octanol–water partition coefficient (Wildman–Crippen LogP) is 13.2. The molecule has 3 aliphatic heterocycles. The van der Waals surface area contributed by atoms with Gasteiger partial charge in [0.05, 0.1) is 37.9 Å². The third-order valence-corrected chi connectivity index (χ3v) is 21.2. The van der Waals surface area contributed by atoms with Gasteiger partial charge in [-0.1, -0.05) is 110 Å². The van der Waals surface area contributed by atoms with Crippen LogP contribution in [0.1, 0.15) is 193 Å². The van der Waals surface area contributed by atoms with Gasteiger partial charge >= 0.3 is 12.2 Å². The molecule has 0 aliphatic carbocycles. The van der Waals surface area contributed by atoms with E-state index >= 15 is 0 Å². The Labute approximate surface area is 707 Å². The molecular formula is C89H113N21O10S. The molecule has 121 heavy (non-hydrogen) atoms. The molecule has 0 fully saturated rings. The van der Waals surface area contributed by atoms with Gasteiger partial charge in [-0.2, -0.15) is 9.97 Å². The molecule has 0 saturated carbocycles. The van der Waals surface area contributed by atoms with Crippen LogP contribution in [0.4, 0.5) is 38.5 Å². The number of hydrogen-bond donors (Lipinski definition) is 7. The molecule has 3 aliphatic rings. The van der Waals surface area contributed by atoms with Gasteiger partial charge in [0.1, 0.15) is 27.4 Å². The van der Waals surface area contributed by atoms with E-state index in [2.05, 4.69) is 110 Å². The Hall–Kier alpha value is -11.7. The number of nitrogens with one attached hydrogen (secondary N) is 3. The zero-order valence-electron chi connectivity index (χ0n) is 72.6. The minimum absolute atomic E-state index is 0.133. The van der Waals surface area contributed by atoms with E-state index in [1.54, 1.807) is 50.8 Å². The number of nitrogens with zero attached hydrogens (tertiary/aromatic N) is 17. The van der Waals surface area contributed by atoms with Crippen LogP contribution in [0.15, 0.2) is 147 Å². The summed E-state index contributed by atoms with van der Waals surface area (Å²) in [5.74, 6) is 2.37. The molecule has 2 amide bonds. The van der Waals surface area contributed by atoms with Gasteiger partial charge in [0.25, 0.3) is 16.7 Å². The largest absolute Gasteiger partial charge is 0.444 e. The Kier molecular flexibility index (Phi) is 26.3. The van der Waals surface area contributed by atoms with Gasteiger partial charge < -0.3 is 56.3 Å². The van der Waals surface area contributed by atoms with E-state index in [9.17, 15) is 39.3 Å². The molecule has 15 rings (SSSR count). The second-order valence-corrected chi connectivity index (χ2v) is 36.6. The molecule has 640 valence electrons. The van der Waals surface area contributed by atoms with Crippen molar-refractivity contribution in [2.24, 2.45) is 0 Å². The van der Waals surface area contributed by atoms with Crippen molar-refractivity contribution in [1.29, 1.82) is 0 Å². The molecule has 0 bridgehead atoms. The lowest BCUT2D eigenvalue weighted by molar-refractivity contribution is 0.0214. The highest BCUT2D eigenvalue weighted by Gasteiger charge is 2.32. The maximum atomic E-state index is 13.5. The Morgan fingerprint density at radius 2 is 0.835 bits per heavy atom. The normalized spacial score (nSPS) is 14.4. The van der Waals surface area contributed by atoms with Crippen LogP contribution in [0.3, 0.4) is 0 Å². The van der Waals surface area contributed by atoms with Crippen LogP contribution >= 0.6 is 11.8 Å². The number of anilines is 5. The van der Waals surface area contributed by atoms with Gasteiger partial charge in [-0.05, 0) is 201 Å². The lowest BCUT2D eigenvalue weighted by atomic mass is 9.92. The summed E-state index contributed by atoms with van der Waals surface area (Å²) in [5, 5.41) is 41.1. The molecule has 12 heterocycles. The molecule has 8 N–H and O–H groups in total. The summed E-state index contributed by atoms with van der Waals surface area (Å²) < 4.78 is 20.5. The average molecular weight is 1670 g/mol. The molecule has 31 nitrogen and oxygen atoms in total. The van der Waals surface area contributed by atoms with Gasteiger partial charge in [-0.15, -0.1) is 0 Å². The molecule has 3 aromatic carbocycles. The summed E-state index contributed by atoms with van der Waals surface area (Å²) in [6, 6.07) is 33.9. The van der Waals surface area contributed by atoms with Crippen molar-refractivity contribution < 1.29 is 34.4 Å². The Balaban J connectivity index is 0.000000154. The Morgan fingerprint density at radius 3 is 1.21 bits per heavy atom. The Bertz CT molecular complexity index is 5990. The van der Waals surface area contributed by atoms with Crippen LogP contribution < -0.4 is 38.4 Å². The minimum Gasteiger partial charge on any atom is -0.444 e. The summed E-state index contributed by atoms with van der Waals surface area (Å²) >= 11 is 1.41. The number of pyridine rings is 3. The summed E-state index contributed by atoms with van der Waals surface area (Å²) in [6.07, 6.45) is 8.49. The fourth-order valence-corrected chi connectivity index (χ4v) is 14.5. The lowest BCUT2D eigenvalue weighted by Gasteiger charge is -2.31. The van der Waals surface area contributed by atoms with Crippen molar-refractivity contribution in [3.8, 4) is 17.5 Å². The molecular weight excluding hydrogens is 1560 g/mol. The first-order valence-electron chi connectivity index (χ1n) is 40.8. The van der Waals surface area contributed by atoms with Crippen molar-refractivity contribution in [3.63, 3.8) is 0 Å². The first-order chi connectivity index (χ1) is 57.1. The van der Waals surface area contributed by atoms with E-state index in [0.29, 0.717) is 93.8 Å². The van der Waals surface area contributed by atoms with E-state index in [-0.39, 0.29) is 64.9 Å². The number of aromatic nitrogens is 15. The van der Waals surface area contributed by atoms with Crippen molar-refractivity contribution in [2.45, 2.75) is 214 Å². The third kappa shape index (κ3) is 20.3. The highest BCUT2D eigenvalue weighted by atomic mass is 32.2. The third-order valence-electron chi connectivity index (χ3n) is 20.6. The Morgan fingerprint density at radius 1 is 0.471 bits per heavy atom. The second-order valence-electron chi connectivity index (χ2n) is 35.8. The number of aliphatic hydroxyl groups is 3. The molecule has 0 spiro atoms. The van der Waals surface area contributed by atoms with Crippen LogP contribution in [-0.2, 0) is 64.6 Å². The van der Waals surface area contributed by atoms with Gasteiger partial charge in [0, 0.05) is 102 Å². The standard InChI is InChI=1S/C31H39N7O4.C26H31N7O2.C18H23N5O2S.C14H20N2O2/c1-19(18-39)37-27(40)23-16-32-28(35-26(23)38(37)25-10-8-9-24(34-25)30(2,3)4)33-22-12-11-20-13-14-36(17-21(20)15-22)29(41)42-31(5,6)7;1-16(15-34)32-24(35)20-14-28-25(29-19-9-8-17-10-11-27-13-18(17)12-19)31-23(20)33(32)22-7-5-6-21(30-22)26(2,3)4;1-11(10-24)22-16(25)12-9-19-17(26-5)21-15(12)23(22)14-8-6-7-13(20-14)18(2,3)4;1-14(2,3)18-13(17)16-7-6-10-4-5-12(15)8-11(10)9-16/h8-12,15-16,19,39H,13-14,17-18H2,1-7H3,(H,32,33,35);5-9,12,14,16,27,34H,10-11,13,15H2,1-4H3,(H,28,29,31);6-9,11,24H,10H2,1-5H3;4-5,8H,6-7,9,15H2,1-3H3. The molecule has 3 atom stereocenters. The molecule has 32 heteroatoms. The maximum Gasteiger partial charge on any atom is 0.410 e. The van der Waals surface area contributed by atoms with Crippen LogP contribution in [-0.4, -0.2) is 167 Å². The first kappa shape index (κ1) is 88.6. The number of hydrogen-bond acceptors (Lipinski definition) is 24. The smallest absolute Gasteiger partial charge is 0.410 e. The van der Waals surface area contributed by atoms with Crippen molar-refractivity contribution >= 4 is 86.0 Å². The summed E-state index contributed by atoms with van der Waals surface area (Å²) in [7, 11) is 0. The van der Waals surface area contributed by atoms with E-state index in [0.717, 1.165) is 77.6 Å². The zero-order chi connectivity index (χ0) is 87.5. The van der Waals surface area contributed by atoms with Gasteiger partial charge in [0.2, 0.25) is 11.9 Å². The quantitative estimate of drug-likeness (QED) is 0.0302. The highest BCUT2D eigenvalue weighted by molar-refractivity contribution is 7.98. The number of thioether (sulfide) groups is 1. The van der Waals surface area contributed by atoms with Crippen molar-refractivity contribution in [3.05, 3.63) is 209 Å². The van der Waals surface area contributed by atoms with Crippen LogP contribution in [0.5, 0.6) is 0 Å². The second kappa shape index (κ2) is 35.9. The molecule has 3 unspecified atom stereocenters. The summed E-state index contributed by atoms with van der Waals surface area (Å²) in [6.45, 7) is 38.9. The molecule has 9 aromatic heterocycles. The zero-order valence-corrected chi connectivity index (χ0v) is 73.4. The van der Waals surface area contributed by atoms with Crippen LogP contribution in [0.25, 0.3) is 50.6 Å². The van der Waals surface area contributed by atoms with Gasteiger partial charge in [-0.25, -0.2) is 72.6 Å². The van der Waals surface area contributed by atoms with E-state index < -0.39 is 29.3 Å². The number of ether oxygens (including phenoxy) is 2. The SMILES string of the molecule is CC(C)(C)OC(=O)N1CCc2ccc(N)cc2C1.CC(CO)n1c(=O)c2cnc(Nc3ccc4c(c3)CN(C(=O)OC(C)(C)C)CC4)nc2n1-c1cccc(C(C)(C)C)n1.CC(CO)n1c(=O)c2cnc(Nc3ccc4c(c3)CNCC4)nc2n1-c1cccc(C(C)(C)C)n1.CSc1ncc2c(=O)n(C(C)CO)n(-c3cccc(C(C)(C)C)n3)c2n1. The monoisotopic (exact) mass is 1670 g/mol. The number of nitrogens with two attached hydrogens (primary N) is 1. The molecule has 0 saturated heterocycles. The van der Waals surface area contributed by atoms with E-state index in [4.69, 9.17) is 40.1 Å². The van der Waals surface area contributed by atoms with Gasteiger partial charge in [-0.3, -0.25) is 14.4 Å². The van der Waals surface area contributed by atoms with Crippen LogP contribution in [0, 0.1) is 0 Å².